The predicted molar refractivity (Wildman–Crippen MR) is 95.1 cm³/mol. The van der Waals surface area contributed by atoms with Crippen LogP contribution in [0, 0.1) is 5.92 Å². The third-order valence-corrected chi connectivity index (χ3v) is 5.77. The normalized spacial score (nSPS) is 17.0. The van der Waals surface area contributed by atoms with Crippen molar-refractivity contribution in [2.24, 2.45) is 5.92 Å². The highest BCUT2D eigenvalue weighted by atomic mass is 32.1. The molecule has 0 saturated heterocycles. The number of rotatable bonds is 2. The number of ether oxygens (including phenoxy) is 1. The Morgan fingerprint density at radius 1 is 1.42 bits per heavy atom. The molecule has 24 heavy (non-hydrogen) atoms. The summed E-state index contributed by atoms with van der Waals surface area (Å²) in [6.45, 7) is 2.24. The fourth-order valence-electron chi connectivity index (χ4n) is 3.31. The third kappa shape index (κ3) is 2.38. The first-order valence-electron chi connectivity index (χ1n) is 7.98. The van der Waals surface area contributed by atoms with Crippen molar-refractivity contribution in [1.29, 1.82) is 0 Å². The van der Waals surface area contributed by atoms with Gasteiger partial charge in [-0.2, -0.15) is 0 Å². The molecule has 0 amide bonds. The fraction of sp³-hybridized carbons (Fsp3) is 0.333. The van der Waals surface area contributed by atoms with Crippen molar-refractivity contribution < 1.29 is 9.84 Å². The second-order valence-corrected chi connectivity index (χ2v) is 7.41. The van der Waals surface area contributed by atoms with E-state index < -0.39 is 0 Å². The number of nitrogens with one attached hydrogen (secondary N) is 1. The number of benzene rings is 1. The van der Waals surface area contributed by atoms with E-state index in [-0.39, 0.29) is 11.3 Å². The largest absolute Gasteiger partial charge is 0.507 e. The lowest BCUT2D eigenvalue weighted by Gasteiger charge is -2.17. The number of aromatic nitrogens is 2. The van der Waals surface area contributed by atoms with Crippen molar-refractivity contribution in [3.8, 4) is 22.9 Å². The lowest BCUT2D eigenvalue weighted by atomic mass is 9.89. The van der Waals surface area contributed by atoms with Crippen molar-refractivity contribution in [2.75, 3.05) is 7.11 Å². The van der Waals surface area contributed by atoms with Crippen molar-refractivity contribution in [3.63, 3.8) is 0 Å². The summed E-state index contributed by atoms with van der Waals surface area (Å²) in [5.74, 6) is 1.68. The van der Waals surface area contributed by atoms with Crippen molar-refractivity contribution in [1.82, 2.24) is 9.97 Å². The topological polar surface area (TPSA) is 75.2 Å². The van der Waals surface area contributed by atoms with E-state index in [9.17, 15) is 9.90 Å². The molecule has 0 fully saturated rings. The molecule has 1 atom stereocenters. The highest BCUT2D eigenvalue weighted by Gasteiger charge is 2.23. The van der Waals surface area contributed by atoms with E-state index in [1.807, 2.05) is 0 Å². The summed E-state index contributed by atoms with van der Waals surface area (Å²) in [7, 11) is 1.56. The Bertz CT molecular complexity index is 990. The molecule has 124 valence electrons. The lowest BCUT2D eigenvalue weighted by Crippen LogP contribution is -2.13. The second kappa shape index (κ2) is 5.63. The molecule has 1 aliphatic rings. The van der Waals surface area contributed by atoms with Gasteiger partial charge < -0.3 is 14.8 Å². The Morgan fingerprint density at radius 3 is 3.04 bits per heavy atom. The predicted octanol–water partition coefficient (Wildman–Crippen LogP) is 3.49. The quantitative estimate of drug-likeness (QED) is 0.747. The van der Waals surface area contributed by atoms with Crippen LogP contribution in [0.2, 0.25) is 0 Å². The number of methoxy groups -OCH3 is 1. The van der Waals surface area contributed by atoms with Gasteiger partial charge in [0, 0.05) is 4.88 Å². The first-order valence-corrected chi connectivity index (χ1v) is 8.80. The number of aromatic hydroxyl groups is 1. The van der Waals surface area contributed by atoms with Crippen LogP contribution in [0.5, 0.6) is 11.5 Å². The lowest BCUT2D eigenvalue weighted by molar-refractivity contribution is 0.412. The number of fused-ring (bicyclic) bond motifs is 3. The maximum atomic E-state index is 12.7. The molecule has 0 radical (unpaired) electrons. The maximum Gasteiger partial charge on any atom is 0.260 e. The van der Waals surface area contributed by atoms with E-state index in [1.54, 1.807) is 36.6 Å². The number of hydrogen-bond donors (Lipinski definition) is 2. The van der Waals surface area contributed by atoms with Crippen LogP contribution >= 0.6 is 11.3 Å². The Hall–Kier alpha value is -2.34. The summed E-state index contributed by atoms with van der Waals surface area (Å²) in [4.78, 5) is 22.1. The molecule has 1 aliphatic carbocycles. The van der Waals surface area contributed by atoms with Crippen LogP contribution in [0.1, 0.15) is 23.8 Å². The molecule has 2 aromatic heterocycles. The number of phenols is 1. The van der Waals surface area contributed by atoms with E-state index in [4.69, 9.17) is 4.74 Å². The first kappa shape index (κ1) is 15.2. The standard InChI is InChI=1S/C18H18N2O3S/c1-9-3-5-11-14(7-9)24-18-15(11)17(22)19-16(20-18)12-8-10(23-2)4-6-13(12)21/h4,6,8-9,21H,3,5,7H2,1-2H3,(H,19,20,22). The average Bonchev–Trinajstić information content (AvgIpc) is 2.92. The van der Waals surface area contributed by atoms with E-state index in [1.165, 1.54) is 4.88 Å². The zero-order valence-corrected chi connectivity index (χ0v) is 14.4. The summed E-state index contributed by atoms with van der Waals surface area (Å²) in [5.41, 5.74) is 1.49. The summed E-state index contributed by atoms with van der Waals surface area (Å²) >= 11 is 1.60. The molecule has 0 spiro atoms. The zero-order chi connectivity index (χ0) is 16.8. The SMILES string of the molecule is COc1ccc(O)c(-c2nc3sc4c(c3c(=O)[nH]2)CCC(C)C4)c1. The van der Waals surface area contributed by atoms with E-state index >= 15 is 0 Å². The Kier molecular flexibility index (Phi) is 3.57. The Balaban J connectivity index is 1.92. The van der Waals surface area contributed by atoms with Gasteiger partial charge in [0.15, 0.2) is 0 Å². The van der Waals surface area contributed by atoms with Crippen molar-refractivity contribution in [2.45, 2.75) is 26.2 Å². The van der Waals surface area contributed by atoms with Crippen LogP contribution in [0.3, 0.4) is 0 Å². The minimum absolute atomic E-state index is 0.0632. The third-order valence-electron chi connectivity index (χ3n) is 4.62. The van der Waals surface area contributed by atoms with E-state index in [0.717, 1.165) is 29.7 Å². The summed E-state index contributed by atoms with van der Waals surface area (Å²) in [6, 6.07) is 4.88. The Morgan fingerprint density at radius 2 is 2.25 bits per heavy atom. The van der Waals surface area contributed by atoms with Gasteiger partial charge in [-0.15, -0.1) is 11.3 Å². The maximum absolute atomic E-state index is 12.7. The second-order valence-electron chi connectivity index (χ2n) is 6.33. The molecule has 0 bridgehead atoms. The minimum Gasteiger partial charge on any atom is -0.507 e. The number of nitrogens with zero attached hydrogens (tertiary/aromatic N) is 1. The molecule has 3 aromatic rings. The molecule has 4 rings (SSSR count). The van der Waals surface area contributed by atoms with Gasteiger partial charge in [-0.1, -0.05) is 6.92 Å². The first-order chi connectivity index (χ1) is 11.6. The van der Waals surface area contributed by atoms with Crippen LogP contribution in [0.25, 0.3) is 21.6 Å². The van der Waals surface area contributed by atoms with Crippen molar-refractivity contribution >= 4 is 21.6 Å². The van der Waals surface area contributed by atoms with Crippen LogP contribution in [0.15, 0.2) is 23.0 Å². The van der Waals surface area contributed by atoms with Gasteiger partial charge in [0.25, 0.3) is 5.56 Å². The van der Waals surface area contributed by atoms with E-state index in [2.05, 4.69) is 16.9 Å². The van der Waals surface area contributed by atoms with Crippen LogP contribution in [0.4, 0.5) is 0 Å². The molecule has 1 unspecified atom stereocenters. The number of phenolic OH excluding ortho intramolecular Hbond substituents is 1. The van der Waals surface area contributed by atoms with Gasteiger partial charge in [0.1, 0.15) is 22.2 Å². The van der Waals surface area contributed by atoms with Gasteiger partial charge in [-0.05, 0) is 48.9 Å². The number of aryl methyl sites for hydroxylation is 1. The highest BCUT2D eigenvalue weighted by Crippen LogP contribution is 2.37. The van der Waals surface area contributed by atoms with Crippen molar-refractivity contribution in [3.05, 3.63) is 39.0 Å². The monoisotopic (exact) mass is 342 g/mol. The molecule has 0 saturated carbocycles. The number of aromatic amines is 1. The molecule has 1 aromatic carbocycles. The van der Waals surface area contributed by atoms with Gasteiger partial charge in [-0.3, -0.25) is 4.79 Å². The molecule has 0 aliphatic heterocycles. The van der Waals surface area contributed by atoms with Crippen LogP contribution in [-0.4, -0.2) is 22.2 Å². The Labute approximate surface area is 143 Å². The number of thiophene rings is 1. The fourth-order valence-corrected chi connectivity index (χ4v) is 4.69. The molecule has 6 heteroatoms. The van der Waals surface area contributed by atoms with Crippen LogP contribution < -0.4 is 10.3 Å². The van der Waals surface area contributed by atoms with Gasteiger partial charge in [0.2, 0.25) is 0 Å². The van der Waals surface area contributed by atoms with Crippen LogP contribution in [-0.2, 0) is 12.8 Å². The minimum atomic E-state index is -0.135. The summed E-state index contributed by atoms with van der Waals surface area (Å²) < 4.78 is 5.20. The zero-order valence-electron chi connectivity index (χ0n) is 13.5. The van der Waals surface area contributed by atoms with Gasteiger partial charge >= 0.3 is 0 Å². The van der Waals surface area contributed by atoms with Gasteiger partial charge in [0.05, 0.1) is 18.1 Å². The summed E-state index contributed by atoms with van der Waals surface area (Å²) in [6.07, 6.45) is 3.05. The average molecular weight is 342 g/mol. The molecular formula is C18H18N2O3S. The molecule has 5 nitrogen and oxygen atoms in total. The molecule has 2 heterocycles. The number of hydrogen-bond acceptors (Lipinski definition) is 5. The van der Waals surface area contributed by atoms with E-state index in [0.29, 0.717) is 28.4 Å². The number of H-pyrrole nitrogens is 1. The smallest absolute Gasteiger partial charge is 0.260 e. The van der Waals surface area contributed by atoms with Gasteiger partial charge in [-0.25, -0.2) is 4.98 Å². The summed E-state index contributed by atoms with van der Waals surface area (Å²) in [5, 5.41) is 10.8. The highest BCUT2D eigenvalue weighted by molar-refractivity contribution is 7.18. The molecule has 2 N–H and O–H groups in total. The molecular weight excluding hydrogens is 324 g/mol.